The average Bonchev–Trinajstić information content (AvgIpc) is 2.07. The quantitative estimate of drug-likeness (QED) is 0.628. The summed E-state index contributed by atoms with van der Waals surface area (Å²) in [5.74, 6) is 0. The molecule has 0 aliphatic carbocycles. The van der Waals surface area contributed by atoms with Gasteiger partial charge in [-0.3, -0.25) is 0 Å². The Morgan fingerprint density at radius 1 is 1.43 bits per heavy atom. The molecular weight excluding hydrogens is 265 g/mol. The molecule has 0 amide bonds. The standard InChI is InChI=1S/C7H3Cl2NO2S2/c8-6-4(3-10)1-2-5(7(6)13)14(9,11)12/h1-2,13H. The Hall–Kier alpha value is -0.410. The largest absolute Gasteiger partial charge is 0.262 e. The number of rotatable bonds is 1. The number of nitriles is 1. The van der Waals surface area contributed by atoms with E-state index in [1.807, 2.05) is 0 Å². The maximum absolute atomic E-state index is 11.0. The van der Waals surface area contributed by atoms with Gasteiger partial charge in [-0.05, 0) is 12.1 Å². The third-order valence-electron chi connectivity index (χ3n) is 1.46. The number of nitrogens with zero attached hydrogens (tertiary/aromatic N) is 1. The molecule has 0 aromatic heterocycles. The van der Waals surface area contributed by atoms with Gasteiger partial charge < -0.3 is 0 Å². The molecule has 0 spiro atoms. The van der Waals surface area contributed by atoms with Crippen LogP contribution in [0.4, 0.5) is 0 Å². The van der Waals surface area contributed by atoms with Gasteiger partial charge in [0.2, 0.25) is 0 Å². The Balaban J connectivity index is 3.57. The van der Waals surface area contributed by atoms with Crippen molar-refractivity contribution in [2.75, 3.05) is 0 Å². The van der Waals surface area contributed by atoms with Gasteiger partial charge in [-0.2, -0.15) is 5.26 Å². The van der Waals surface area contributed by atoms with Crippen LogP contribution in [0.5, 0.6) is 0 Å². The van der Waals surface area contributed by atoms with Gasteiger partial charge in [0, 0.05) is 15.6 Å². The second-order valence-corrected chi connectivity index (χ2v) is 5.68. The smallest absolute Gasteiger partial charge is 0.207 e. The third-order valence-corrected chi connectivity index (χ3v) is 3.97. The minimum absolute atomic E-state index is 0.0132. The zero-order chi connectivity index (χ0) is 10.9. The summed E-state index contributed by atoms with van der Waals surface area (Å²) in [6, 6.07) is 4.26. The highest BCUT2D eigenvalue weighted by atomic mass is 35.7. The molecule has 0 bridgehead atoms. The summed E-state index contributed by atoms with van der Waals surface area (Å²) in [6.07, 6.45) is 0. The molecule has 1 aromatic rings. The van der Waals surface area contributed by atoms with E-state index in [1.165, 1.54) is 12.1 Å². The summed E-state index contributed by atoms with van der Waals surface area (Å²) in [5, 5.41) is 8.57. The topological polar surface area (TPSA) is 57.9 Å². The van der Waals surface area contributed by atoms with E-state index in [-0.39, 0.29) is 20.4 Å². The number of benzene rings is 1. The van der Waals surface area contributed by atoms with E-state index in [0.717, 1.165) is 0 Å². The van der Waals surface area contributed by atoms with Gasteiger partial charge >= 0.3 is 0 Å². The van der Waals surface area contributed by atoms with Gasteiger partial charge in [0.1, 0.15) is 6.07 Å². The molecule has 0 saturated carbocycles. The van der Waals surface area contributed by atoms with Crippen molar-refractivity contribution >= 4 is 44.0 Å². The van der Waals surface area contributed by atoms with Gasteiger partial charge in [0.05, 0.1) is 15.5 Å². The summed E-state index contributed by atoms with van der Waals surface area (Å²) in [7, 11) is 1.23. The highest BCUT2D eigenvalue weighted by molar-refractivity contribution is 8.14. The van der Waals surface area contributed by atoms with Crippen LogP contribution in [0, 0.1) is 11.3 Å². The second kappa shape index (κ2) is 3.99. The van der Waals surface area contributed by atoms with Crippen molar-refractivity contribution < 1.29 is 8.42 Å². The molecule has 0 radical (unpaired) electrons. The molecule has 0 N–H and O–H groups in total. The molecule has 0 aliphatic rings. The van der Waals surface area contributed by atoms with Crippen molar-refractivity contribution in [2.45, 2.75) is 9.79 Å². The molecule has 0 saturated heterocycles. The van der Waals surface area contributed by atoms with Crippen LogP contribution in [0.25, 0.3) is 0 Å². The minimum atomic E-state index is -3.88. The van der Waals surface area contributed by atoms with Crippen molar-refractivity contribution in [2.24, 2.45) is 0 Å². The second-order valence-electron chi connectivity index (χ2n) is 2.32. The molecule has 1 rings (SSSR count). The lowest BCUT2D eigenvalue weighted by molar-refractivity contribution is 0.608. The molecule has 7 heteroatoms. The monoisotopic (exact) mass is 267 g/mol. The van der Waals surface area contributed by atoms with E-state index in [4.69, 9.17) is 27.5 Å². The first-order valence-corrected chi connectivity index (χ1v) is 6.37. The lowest BCUT2D eigenvalue weighted by Crippen LogP contribution is -1.94. The summed E-state index contributed by atoms with van der Waals surface area (Å²) in [4.78, 5) is -0.216. The maximum Gasteiger partial charge on any atom is 0.262 e. The number of hydrogen-bond acceptors (Lipinski definition) is 4. The van der Waals surface area contributed by atoms with Gasteiger partial charge in [-0.1, -0.05) is 11.6 Å². The van der Waals surface area contributed by atoms with E-state index in [1.54, 1.807) is 6.07 Å². The van der Waals surface area contributed by atoms with Crippen LogP contribution in [-0.4, -0.2) is 8.42 Å². The van der Waals surface area contributed by atoms with Crippen molar-refractivity contribution in [1.82, 2.24) is 0 Å². The first-order valence-electron chi connectivity index (χ1n) is 3.24. The van der Waals surface area contributed by atoms with E-state index < -0.39 is 9.05 Å². The fourth-order valence-corrected chi connectivity index (χ4v) is 2.76. The maximum atomic E-state index is 11.0. The molecule has 74 valence electrons. The first kappa shape index (κ1) is 11.7. The summed E-state index contributed by atoms with van der Waals surface area (Å²) < 4.78 is 22.0. The molecule has 0 unspecified atom stereocenters. The SMILES string of the molecule is N#Cc1ccc(S(=O)(=O)Cl)c(S)c1Cl. The third kappa shape index (κ3) is 2.15. The fourth-order valence-electron chi connectivity index (χ4n) is 0.830. The fraction of sp³-hybridized carbons (Fsp3) is 0. The van der Waals surface area contributed by atoms with Crippen LogP contribution < -0.4 is 0 Å². The van der Waals surface area contributed by atoms with Crippen LogP contribution in [0.15, 0.2) is 21.9 Å². The van der Waals surface area contributed by atoms with Crippen LogP contribution in [0.2, 0.25) is 5.02 Å². The predicted octanol–water partition coefficient (Wildman–Crippen LogP) is 2.43. The Morgan fingerprint density at radius 3 is 2.43 bits per heavy atom. The summed E-state index contributed by atoms with van der Waals surface area (Å²) >= 11 is 9.56. The molecule has 14 heavy (non-hydrogen) atoms. The van der Waals surface area contributed by atoms with Crippen LogP contribution in [0.1, 0.15) is 5.56 Å². The van der Waals surface area contributed by atoms with Crippen molar-refractivity contribution in [1.29, 1.82) is 5.26 Å². The lowest BCUT2D eigenvalue weighted by atomic mass is 10.2. The normalized spacial score (nSPS) is 11.0. The molecule has 0 heterocycles. The van der Waals surface area contributed by atoms with E-state index in [0.29, 0.717) is 0 Å². The van der Waals surface area contributed by atoms with Crippen molar-refractivity contribution in [3.05, 3.63) is 22.7 Å². The Labute approximate surface area is 96.1 Å². The molecule has 1 aromatic carbocycles. The minimum Gasteiger partial charge on any atom is -0.207 e. The zero-order valence-electron chi connectivity index (χ0n) is 6.53. The number of thiol groups is 1. The van der Waals surface area contributed by atoms with Crippen LogP contribution >= 0.6 is 34.9 Å². The van der Waals surface area contributed by atoms with Gasteiger partial charge in [0.25, 0.3) is 9.05 Å². The molecule has 0 aliphatic heterocycles. The van der Waals surface area contributed by atoms with Crippen molar-refractivity contribution in [3.63, 3.8) is 0 Å². The molecule has 3 nitrogen and oxygen atoms in total. The molecule has 0 atom stereocenters. The summed E-state index contributed by atoms with van der Waals surface area (Å²) in [5.41, 5.74) is 0.153. The molecular formula is C7H3Cl2NO2S2. The number of hydrogen-bond donors (Lipinski definition) is 1. The first-order chi connectivity index (χ1) is 6.38. The van der Waals surface area contributed by atoms with E-state index in [2.05, 4.69) is 12.6 Å². The zero-order valence-corrected chi connectivity index (χ0v) is 9.75. The van der Waals surface area contributed by atoms with Gasteiger partial charge in [0.15, 0.2) is 0 Å². The van der Waals surface area contributed by atoms with Crippen LogP contribution in [-0.2, 0) is 9.05 Å². The van der Waals surface area contributed by atoms with Gasteiger partial charge in [-0.25, -0.2) is 8.42 Å². The molecule has 0 fully saturated rings. The van der Waals surface area contributed by atoms with E-state index >= 15 is 0 Å². The predicted molar refractivity (Wildman–Crippen MR) is 56.5 cm³/mol. The lowest BCUT2D eigenvalue weighted by Gasteiger charge is -2.03. The number of halogens is 2. The Bertz CT molecular complexity index is 519. The highest BCUT2D eigenvalue weighted by Gasteiger charge is 2.17. The Kier molecular flexibility index (Phi) is 3.32. The Morgan fingerprint density at radius 2 is 2.00 bits per heavy atom. The van der Waals surface area contributed by atoms with Crippen LogP contribution in [0.3, 0.4) is 0 Å². The van der Waals surface area contributed by atoms with Gasteiger partial charge in [-0.15, -0.1) is 12.6 Å². The summed E-state index contributed by atoms with van der Waals surface area (Å²) in [6.45, 7) is 0. The van der Waals surface area contributed by atoms with E-state index in [9.17, 15) is 8.42 Å². The highest BCUT2D eigenvalue weighted by Crippen LogP contribution is 2.31. The average molecular weight is 268 g/mol. The van der Waals surface area contributed by atoms with Crippen molar-refractivity contribution in [3.8, 4) is 6.07 Å².